The Bertz CT molecular complexity index is 445. The SMILES string of the molecule is c1ccc(N2Cc3ccccc3S2)nc1. The molecule has 0 radical (unpaired) electrons. The van der Waals surface area contributed by atoms with Crippen LogP contribution in [-0.2, 0) is 6.54 Å². The molecule has 15 heavy (non-hydrogen) atoms. The molecule has 0 aliphatic carbocycles. The predicted octanol–water partition coefficient (Wildman–Crippen LogP) is 3.11. The molecule has 0 atom stereocenters. The summed E-state index contributed by atoms with van der Waals surface area (Å²) in [4.78, 5) is 5.69. The van der Waals surface area contributed by atoms with Crippen molar-refractivity contribution in [2.45, 2.75) is 11.4 Å². The van der Waals surface area contributed by atoms with Crippen LogP contribution in [0.3, 0.4) is 0 Å². The Morgan fingerprint density at radius 1 is 1.07 bits per heavy atom. The molecule has 3 rings (SSSR count). The fourth-order valence-electron chi connectivity index (χ4n) is 1.66. The van der Waals surface area contributed by atoms with Crippen LogP contribution in [0.4, 0.5) is 5.82 Å². The Hall–Kier alpha value is -1.48. The fourth-order valence-corrected chi connectivity index (χ4v) is 2.69. The molecule has 1 aromatic heterocycles. The molecule has 0 saturated carbocycles. The average molecular weight is 214 g/mol. The summed E-state index contributed by atoms with van der Waals surface area (Å²) in [5.41, 5.74) is 1.38. The molecule has 0 fully saturated rings. The number of anilines is 1. The van der Waals surface area contributed by atoms with Gasteiger partial charge in [0.05, 0.1) is 6.54 Å². The zero-order chi connectivity index (χ0) is 10.1. The van der Waals surface area contributed by atoms with Crippen molar-refractivity contribution < 1.29 is 0 Å². The van der Waals surface area contributed by atoms with E-state index in [-0.39, 0.29) is 0 Å². The summed E-state index contributed by atoms with van der Waals surface area (Å²) < 4.78 is 2.21. The van der Waals surface area contributed by atoms with Gasteiger partial charge in [0.1, 0.15) is 5.82 Å². The molecule has 2 nitrogen and oxygen atoms in total. The van der Waals surface area contributed by atoms with Crippen LogP contribution in [0.5, 0.6) is 0 Å². The number of aromatic nitrogens is 1. The normalized spacial score (nSPS) is 14.0. The highest BCUT2D eigenvalue weighted by Crippen LogP contribution is 2.37. The first-order valence-corrected chi connectivity index (χ1v) is 5.65. The van der Waals surface area contributed by atoms with Gasteiger partial charge in [-0.15, -0.1) is 0 Å². The molecule has 0 spiro atoms. The highest BCUT2D eigenvalue weighted by atomic mass is 32.2. The minimum absolute atomic E-state index is 0.942. The van der Waals surface area contributed by atoms with Crippen molar-refractivity contribution in [3.63, 3.8) is 0 Å². The molecule has 1 aliphatic heterocycles. The second-order valence-corrected chi connectivity index (χ2v) is 4.49. The van der Waals surface area contributed by atoms with Crippen molar-refractivity contribution in [1.82, 2.24) is 4.98 Å². The second kappa shape index (κ2) is 3.59. The third-order valence-corrected chi connectivity index (χ3v) is 3.53. The van der Waals surface area contributed by atoms with Crippen molar-refractivity contribution in [3.8, 4) is 0 Å². The molecule has 0 N–H and O–H groups in total. The molecular weight excluding hydrogens is 204 g/mol. The summed E-state index contributed by atoms with van der Waals surface area (Å²) in [5.74, 6) is 1.03. The highest BCUT2D eigenvalue weighted by Gasteiger charge is 2.20. The maximum Gasteiger partial charge on any atom is 0.138 e. The average Bonchev–Trinajstić information content (AvgIpc) is 2.74. The molecule has 3 heteroatoms. The number of pyridine rings is 1. The van der Waals surface area contributed by atoms with Crippen LogP contribution in [0.15, 0.2) is 53.6 Å². The molecule has 74 valence electrons. The third kappa shape index (κ3) is 1.59. The van der Waals surface area contributed by atoms with Crippen LogP contribution in [0, 0.1) is 0 Å². The largest absolute Gasteiger partial charge is 0.292 e. The molecular formula is C12H10N2S. The first-order chi connectivity index (χ1) is 7.43. The van der Waals surface area contributed by atoms with E-state index < -0.39 is 0 Å². The molecule has 1 aromatic carbocycles. The smallest absolute Gasteiger partial charge is 0.138 e. The van der Waals surface area contributed by atoms with Crippen molar-refractivity contribution in [1.29, 1.82) is 0 Å². The van der Waals surface area contributed by atoms with Crippen molar-refractivity contribution >= 4 is 17.8 Å². The molecule has 0 saturated heterocycles. The van der Waals surface area contributed by atoms with Crippen LogP contribution in [0.25, 0.3) is 0 Å². The van der Waals surface area contributed by atoms with Gasteiger partial charge in [-0.2, -0.15) is 0 Å². The Morgan fingerprint density at radius 3 is 2.73 bits per heavy atom. The zero-order valence-corrected chi connectivity index (χ0v) is 8.95. The van der Waals surface area contributed by atoms with Gasteiger partial charge in [0.2, 0.25) is 0 Å². The van der Waals surface area contributed by atoms with Gasteiger partial charge in [-0.1, -0.05) is 24.3 Å². The molecule has 2 heterocycles. The minimum Gasteiger partial charge on any atom is -0.292 e. The lowest BCUT2D eigenvalue weighted by atomic mass is 10.2. The number of nitrogens with zero attached hydrogens (tertiary/aromatic N) is 2. The second-order valence-electron chi connectivity index (χ2n) is 3.42. The number of hydrogen-bond donors (Lipinski definition) is 0. The predicted molar refractivity (Wildman–Crippen MR) is 62.7 cm³/mol. The number of rotatable bonds is 1. The van der Waals surface area contributed by atoms with Crippen LogP contribution >= 0.6 is 11.9 Å². The van der Waals surface area contributed by atoms with Gasteiger partial charge in [0.15, 0.2) is 0 Å². The molecule has 0 amide bonds. The van der Waals surface area contributed by atoms with Crippen molar-refractivity contribution in [2.24, 2.45) is 0 Å². The summed E-state index contributed by atoms with van der Waals surface area (Å²) in [6.07, 6.45) is 1.83. The number of fused-ring (bicyclic) bond motifs is 1. The fraction of sp³-hybridized carbons (Fsp3) is 0.0833. The lowest BCUT2D eigenvalue weighted by molar-refractivity contribution is 1.03. The third-order valence-electron chi connectivity index (χ3n) is 2.40. The zero-order valence-electron chi connectivity index (χ0n) is 8.13. The Balaban J connectivity index is 1.91. The maximum absolute atomic E-state index is 4.35. The van der Waals surface area contributed by atoms with Crippen LogP contribution in [-0.4, -0.2) is 4.98 Å². The van der Waals surface area contributed by atoms with E-state index in [4.69, 9.17) is 0 Å². The van der Waals surface area contributed by atoms with Gasteiger partial charge in [0.25, 0.3) is 0 Å². The summed E-state index contributed by atoms with van der Waals surface area (Å²) in [5, 5.41) is 0. The topological polar surface area (TPSA) is 16.1 Å². The van der Waals surface area contributed by atoms with E-state index in [1.807, 2.05) is 24.4 Å². The first-order valence-electron chi connectivity index (χ1n) is 4.88. The summed E-state index contributed by atoms with van der Waals surface area (Å²) in [6, 6.07) is 14.5. The molecule has 1 aliphatic rings. The van der Waals surface area contributed by atoms with E-state index >= 15 is 0 Å². The summed E-state index contributed by atoms with van der Waals surface area (Å²) >= 11 is 1.76. The standard InChI is InChI=1S/C12H10N2S/c1-2-6-11-10(5-1)9-14(15-11)12-7-3-4-8-13-12/h1-8H,9H2. The van der Waals surface area contributed by atoms with Gasteiger partial charge in [-0.3, -0.25) is 4.31 Å². The van der Waals surface area contributed by atoms with E-state index in [1.165, 1.54) is 10.5 Å². The van der Waals surface area contributed by atoms with E-state index in [9.17, 15) is 0 Å². The quantitative estimate of drug-likeness (QED) is 0.678. The van der Waals surface area contributed by atoms with E-state index in [2.05, 4.69) is 33.6 Å². The van der Waals surface area contributed by atoms with Gasteiger partial charge in [-0.25, -0.2) is 4.98 Å². The first kappa shape index (κ1) is 8.80. The molecule has 0 bridgehead atoms. The van der Waals surface area contributed by atoms with E-state index in [1.54, 1.807) is 11.9 Å². The van der Waals surface area contributed by atoms with Crippen LogP contribution in [0.1, 0.15) is 5.56 Å². The summed E-state index contributed by atoms with van der Waals surface area (Å²) in [7, 11) is 0. The molecule has 2 aromatic rings. The van der Waals surface area contributed by atoms with E-state index in [0.717, 1.165) is 12.4 Å². The van der Waals surface area contributed by atoms with Gasteiger partial charge in [-0.05, 0) is 35.7 Å². The van der Waals surface area contributed by atoms with Crippen molar-refractivity contribution in [3.05, 3.63) is 54.2 Å². The monoisotopic (exact) mass is 214 g/mol. The maximum atomic E-state index is 4.35. The van der Waals surface area contributed by atoms with Gasteiger partial charge in [0, 0.05) is 11.1 Å². The Labute approximate surface area is 93.1 Å². The lowest BCUT2D eigenvalue weighted by Crippen LogP contribution is -2.08. The summed E-state index contributed by atoms with van der Waals surface area (Å²) in [6.45, 7) is 0.942. The van der Waals surface area contributed by atoms with Crippen LogP contribution in [0.2, 0.25) is 0 Å². The minimum atomic E-state index is 0.942. The van der Waals surface area contributed by atoms with Gasteiger partial charge >= 0.3 is 0 Å². The lowest BCUT2D eigenvalue weighted by Gasteiger charge is -2.13. The number of hydrogen-bond acceptors (Lipinski definition) is 3. The van der Waals surface area contributed by atoms with Crippen molar-refractivity contribution in [2.75, 3.05) is 4.31 Å². The Morgan fingerprint density at radius 2 is 1.93 bits per heavy atom. The van der Waals surface area contributed by atoms with Gasteiger partial charge < -0.3 is 0 Å². The van der Waals surface area contributed by atoms with E-state index in [0.29, 0.717) is 0 Å². The highest BCUT2D eigenvalue weighted by molar-refractivity contribution is 8.01. The van der Waals surface area contributed by atoms with Crippen LogP contribution < -0.4 is 4.31 Å². The molecule has 0 unspecified atom stereocenters. The Kier molecular flexibility index (Phi) is 2.10. The number of benzene rings is 1.